The number of Topliss-reactive ketones (excluding diaryl/α,β-unsaturated/α-hetero) is 1. The molecule has 0 radical (unpaired) electrons. The van der Waals surface area contributed by atoms with Crippen molar-refractivity contribution in [2.24, 2.45) is 0 Å². The van der Waals surface area contributed by atoms with E-state index in [0.717, 1.165) is 0 Å². The molecule has 0 fully saturated rings. The van der Waals surface area contributed by atoms with Gasteiger partial charge in [-0.05, 0) is 43.5 Å². The summed E-state index contributed by atoms with van der Waals surface area (Å²) in [6.45, 7) is 4.89. The number of benzene rings is 1. The molecule has 1 rings (SSSR count). The Morgan fingerprint density at radius 1 is 1.13 bits per heavy atom. The van der Waals surface area contributed by atoms with Crippen LogP contribution >= 0.6 is 0 Å². The summed E-state index contributed by atoms with van der Waals surface area (Å²) in [5, 5.41) is 18.2. The summed E-state index contributed by atoms with van der Waals surface area (Å²) in [7, 11) is 0. The minimum atomic E-state index is -1.48. The van der Waals surface area contributed by atoms with Gasteiger partial charge in [-0.15, -0.1) is 0 Å². The Bertz CT molecular complexity index is 446. The molecule has 0 aliphatic heterocycles. The SMILES string of the molecule is Cc1cc(C(=O)C(=O)O)c(C)c(C)c1O. The van der Waals surface area contributed by atoms with Gasteiger partial charge in [-0.1, -0.05) is 0 Å². The smallest absolute Gasteiger partial charge is 0.377 e. The number of aromatic hydroxyl groups is 1. The van der Waals surface area contributed by atoms with Gasteiger partial charge in [-0.25, -0.2) is 4.79 Å². The van der Waals surface area contributed by atoms with Crippen molar-refractivity contribution >= 4 is 11.8 Å². The number of carboxylic acid groups (broad SMARTS) is 1. The van der Waals surface area contributed by atoms with Crippen LogP contribution in [0.2, 0.25) is 0 Å². The molecule has 0 unspecified atom stereocenters. The fraction of sp³-hybridized carbons (Fsp3) is 0.273. The van der Waals surface area contributed by atoms with E-state index >= 15 is 0 Å². The number of carbonyl (C=O) groups is 2. The summed E-state index contributed by atoms with van der Waals surface area (Å²) in [5.74, 6) is -2.32. The molecule has 4 nitrogen and oxygen atoms in total. The van der Waals surface area contributed by atoms with Crippen LogP contribution in [0, 0.1) is 20.8 Å². The van der Waals surface area contributed by atoms with Gasteiger partial charge < -0.3 is 10.2 Å². The van der Waals surface area contributed by atoms with E-state index in [9.17, 15) is 14.7 Å². The van der Waals surface area contributed by atoms with Crippen LogP contribution in [0.5, 0.6) is 5.75 Å². The Kier molecular flexibility index (Phi) is 2.79. The molecule has 0 amide bonds. The fourth-order valence-electron chi connectivity index (χ4n) is 1.42. The number of rotatable bonds is 2. The van der Waals surface area contributed by atoms with Gasteiger partial charge in [0, 0.05) is 5.56 Å². The molecule has 0 spiro atoms. The van der Waals surface area contributed by atoms with Gasteiger partial charge in [0.1, 0.15) is 5.75 Å². The lowest BCUT2D eigenvalue weighted by molar-refractivity contribution is -0.131. The average molecular weight is 208 g/mol. The Morgan fingerprint density at radius 3 is 2.13 bits per heavy atom. The second-order valence-electron chi connectivity index (χ2n) is 3.47. The van der Waals surface area contributed by atoms with Crippen LogP contribution in [-0.2, 0) is 4.79 Å². The molecule has 0 aliphatic rings. The third-order valence-corrected chi connectivity index (χ3v) is 2.49. The Morgan fingerprint density at radius 2 is 1.67 bits per heavy atom. The molecule has 1 aromatic rings. The molecule has 0 atom stereocenters. The normalized spacial score (nSPS) is 10.1. The number of carbonyl (C=O) groups excluding carboxylic acids is 1. The highest BCUT2D eigenvalue weighted by atomic mass is 16.4. The van der Waals surface area contributed by atoms with Crippen LogP contribution in [0.4, 0.5) is 0 Å². The van der Waals surface area contributed by atoms with Crippen molar-refractivity contribution in [1.82, 2.24) is 0 Å². The zero-order valence-corrected chi connectivity index (χ0v) is 8.79. The summed E-state index contributed by atoms with van der Waals surface area (Å²) in [6, 6.07) is 1.40. The quantitative estimate of drug-likeness (QED) is 0.571. The largest absolute Gasteiger partial charge is 0.507 e. The maximum absolute atomic E-state index is 11.3. The van der Waals surface area contributed by atoms with E-state index < -0.39 is 11.8 Å². The zero-order chi connectivity index (χ0) is 11.7. The van der Waals surface area contributed by atoms with Crippen LogP contribution in [-0.4, -0.2) is 22.0 Å². The van der Waals surface area contributed by atoms with E-state index in [1.165, 1.54) is 6.07 Å². The van der Waals surface area contributed by atoms with Crippen molar-refractivity contribution in [2.75, 3.05) is 0 Å². The second-order valence-corrected chi connectivity index (χ2v) is 3.47. The number of phenols is 1. The van der Waals surface area contributed by atoms with Gasteiger partial charge in [0.15, 0.2) is 0 Å². The van der Waals surface area contributed by atoms with Crippen LogP contribution in [0.25, 0.3) is 0 Å². The number of ketones is 1. The van der Waals surface area contributed by atoms with Crippen molar-refractivity contribution in [3.63, 3.8) is 0 Å². The summed E-state index contributed by atoms with van der Waals surface area (Å²) in [5.41, 5.74) is 1.68. The summed E-state index contributed by atoms with van der Waals surface area (Å²) in [4.78, 5) is 21.8. The van der Waals surface area contributed by atoms with Gasteiger partial charge in [0.25, 0.3) is 5.78 Å². The van der Waals surface area contributed by atoms with Gasteiger partial charge in [0.2, 0.25) is 0 Å². The van der Waals surface area contributed by atoms with Gasteiger partial charge in [-0.2, -0.15) is 0 Å². The maximum Gasteiger partial charge on any atom is 0.377 e. The first-order valence-corrected chi connectivity index (χ1v) is 4.43. The van der Waals surface area contributed by atoms with E-state index in [4.69, 9.17) is 5.11 Å². The van der Waals surface area contributed by atoms with Crippen LogP contribution < -0.4 is 0 Å². The third-order valence-electron chi connectivity index (χ3n) is 2.49. The molecule has 80 valence electrons. The monoisotopic (exact) mass is 208 g/mol. The lowest BCUT2D eigenvalue weighted by atomic mass is 9.96. The number of aryl methyl sites for hydroxylation is 1. The molecule has 4 heteroatoms. The Labute approximate surface area is 87.2 Å². The summed E-state index contributed by atoms with van der Waals surface area (Å²) >= 11 is 0. The molecule has 0 aliphatic carbocycles. The van der Waals surface area contributed by atoms with Crippen molar-refractivity contribution in [3.05, 3.63) is 28.3 Å². The van der Waals surface area contributed by atoms with Crippen molar-refractivity contribution < 1.29 is 19.8 Å². The van der Waals surface area contributed by atoms with Crippen molar-refractivity contribution in [2.45, 2.75) is 20.8 Å². The first-order chi connectivity index (χ1) is 6.86. The fourth-order valence-corrected chi connectivity index (χ4v) is 1.42. The predicted octanol–water partition coefficient (Wildman–Crippen LogP) is 1.58. The number of hydrogen-bond acceptors (Lipinski definition) is 3. The topological polar surface area (TPSA) is 74.6 Å². The zero-order valence-electron chi connectivity index (χ0n) is 8.79. The van der Waals surface area contributed by atoms with Gasteiger partial charge in [-0.3, -0.25) is 4.79 Å². The molecule has 0 aromatic heterocycles. The molecule has 0 saturated heterocycles. The molecule has 15 heavy (non-hydrogen) atoms. The summed E-state index contributed by atoms with van der Waals surface area (Å²) < 4.78 is 0. The lowest BCUT2D eigenvalue weighted by Gasteiger charge is -2.10. The number of hydrogen-bond donors (Lipinski definition) is 2. The third kappa shape index (κ3) is 1.83. The first-order valence-electron chi connectivity index (χ1n) is 4.43. The van der Waals surface area contributed by atoms with Crippen LogP contribution in [0.1, 0.15) is 27.0 Å². The van der Waals surface area contributed by atoms with E-state index in [0.29, 0.717) is 16.7 Å². The van der Waals surface area contributed by atoms with Gasteiger partial charge in [0.05, 0.1) is 0 Å². The van der Waals surface area contributed by atoms with Crippen LogP contribution in [0.15, 0.2) is 6.07 Å². The molecular weight excluding hydrogens is 196 g/mol. The maximum atomic E-state index is 11.3. The highest BCUT2D eigenvalue weighted by Gasteiger charge is 2.20. The lowest BCUT2D eigenvalue weighted by Crippen LogP contribution is -2.15. The van der Waals surface area contributed by atoms with E-state index in [1.807, 2.05) is 0 Å². The first kappa shape index (κ1) is 11.2. The number of aliphatic carboxylic acids is 1. The minimum Gasteiger partial charge on any atom is -0.507 e. The molecule has 0 heterocycles. The van der Waals surface area contributed by atoms with Crippen molar-refractivity contribution in [1.29, 1.82) is 0 Å². The Balaban J connectivity index is 3.45. The standard InChI is InChI=1S/C11H12O4/c1-5-4-8(10(13)11(14)15)6(2)7(3)9(5)12/h4,12H,1-3H3,(H,14,15). The van der Waals surface area contributed by atoms with E-state index in [2.05, 4.69) is 0 Å². The highest BCUT2D eigenvalue weighted by Crippen LogP contribution is 2.27. The number of carboxylic acids is 1. The minimum absolute atomic E-state index is 0.106. The molecule has 0 saturated carbocycles. The van der Waals surface area contributed by atoms with Crippen molar-refractivity contribution in [3.8, 4) is 5.75 Å². The predicted molar refractivity (Wildman–Crippen MR) is 54.3 cm³/mol. The molecule has 2 N–H and O–H groups in total. The van der Waals surface area contributed by atoms with Gasteiger partial charge >= 0.3 is 5.97 Å². The molecular formula is C11H12O4. The van der Waals surface area contributed by atoms with E-state index in [1.54, 1.807) is 20.8 Å². The van der Waals surface area contributed by atoms with Crippen LogP contribution in [0.3, 0.4) is 0 Å². The number of phenolic OH excluding ortho intramolecular Hbond substituents is 1. The Hall–Kier alpha value is -1.84. The summed E-state index contributed by atoms with van der Waals surface area (Å²) in [6.07, 6.45) is 0. The second kappa shape index (κ2) is 3.73. The highest BCUT2D eigenvalue weighted by molar-refractivity contribution is 6.40. The molecule has 0 bridgehead atoms. The van der Waals surface area contributed by atoms with E-state index in [-0.39, 0.29) is 11.3 Å². The molecule has 1 aromatic carbocycles. The average Bonchev–Trinajstić information content (AvgIpc) is 2.19.